The Morgan fingerprint density at radius 1 is 1.24 bits per heavy atom. The molecule has 7 heteroatoms. The maximum Gasteiger partial charge on any atom is 0.221 e. The molecule has 0 unspecified atom stereocenters. The minimum absolute atomic E-state index is 0.0621. The van der Waals surface area contributed by atoms with E-state index in [0.717, 1.165) is 0 Å². The fourth-order valence-electron chi connectivity index (χ4n) is 1.08. The molecule has 0 aromatic carbocycles. The first-order chi connectivity index (χ1) is 8.02. The van der Waals surface area contributed by atoms with Crippen LogP contribution in [-0.4, -0.2) is 59.2 Å². The SMILES string of the molecule is CCS(=O)(=O)CCNCCC(=O)NCCOC. The molecule has 1 amide bonds. The van der Waals surface area contributed by atoms with Crippen molar-refractivity contribution in [3.05, 3.63) is 0 Å². The van der Waals surface area contributed by atoms with Gasteiger partial charge < -0.3 is 15.4 Å². The number of methoxy groups -OCH3 is 1. The minimum atomic E-state index is -2.92. The Hall–Kier alpha value is -0.660. The van der Waals surface area contributed by atoms with Gasteiger partial charge in [0.15, 0.2) is 9.84 Å². The second kappa shape index (κ2) is 9.38. The molecule has 6 nitrogen and oxygen atoms in total. The second-order valence-corrected chi connectivity index (χ2v) is 6.05. The summed E-state index contributed by atoms with van der Waals surface area (Å²) in [4.78, 5) is 11.2. The fourth-order valence-corrected chi connectivity index (χ4v) is 1.82. The largest absolute Gasteiger partial charge is 0.383 e. The summed E-state index contributed by atoms with van der Waals surface area (Å²) in [5, 5.41) is 5.61. The van der Waals surface area contributed by atoms with Gasteiger partial charge in [-0.05, 0) is 0 Å². The summed E-state index contributed by atoms with van der Waals surface area (Å²) >= 11 is 0. The van der Waals surface area contributed by atoms with Crippen LogP contribution in [0.2, 0.25) is 0 Å². The summed E-state index contributed by atoms with van der Waals surface area (Å²) in [5.41, 5.74) is 0. The summed E-state index contributed by atoms with van der Waals surface area (Å²) in [7, 11) is -1.35. The zero-order chi connectivity index (χ0) is 13.1. The van der Waals surface area contributed by atoms with Crippen molar-refractivity contribution in [2.75, 3.05) is 44.9 Å². The van der Waals surface area contributed by atoms with E-state index in [-0.39, 0.29) is 17.4 Å². The number of nitrogens with one attached hydrogen (secondary N) is 2. The molecule has 0 saturated carbocycles. The zero-order valence-corrected chi connectivity index (χ0v) is 11.3. The molecule has 0 aromatic rings. The molecule has 0 saturated heterocycles. The number of carbonyl (C=O) groups excluding carboxylic acids is 1. The lowest BCUT2D eigenvalue weighted by Gasteiger charge is -2.06. The van der Waals surface area contributed by atoms with Crippen LogP contribution in [0.5, 0.6) is 0 Å². The van der Waals surface area contributed by atoms with E-state index in [1.807, 2.05) is 0 Å². The van der Waals surface area contributed by atoms with Gasteiger partial charge in [-0.2, -0.15) is 0 Å². The van der Waals surface area contributed by atoms with E-state index in [4.69, 9.17) is 4.74 Å². The Bertz CT molecular complexity index is 303. The standard InChI is InChI=1S/C10H22N2O4S/c1-3-17(14,15)9-7-11-5-4-10(13)12-6-8-16-2/h11H,3-9H2,1-2H3,(H,12,13). The molecule has 0 atom stereocenters. The van der Waals surface area contributed by atoms with Gasteiger partial charge >= 0.3 is 0 Å². The van der Waals surface area contributed by atoms with Gasteiger partial charge in [0, 0.05) is 38.9 Å². The molecule has 2 N–H and O–H groups in total. The van der Waals surface area contributed by atoms with Crippen LogP contribution < -0.4 is 10.6 Å². The summed E-state index contributed by atoms with van der Waals surface area (Å²) in [6.45, 7) is 3.49. The molecule has 0 radical (unpaired) electrons. The van der Waals surface area contributed by atoms with Crippen molar-refractivity contribution in [2.24, 2.45) is 0 Å². The lowest BCUT2D eigenvalue weighted by molar-refractivity contribution is -0.121. The predicted octanol–water partition coefficient (Wildman–Crippen LogP) is -0.837. The lowest BCUT2D eigenvalue weighted by Crippen LogP contribution is -2.31. The topological polar surface area (TPSA) is 84.5 Å². The second-order valence-electron chi connectivity index (χ2n) is 3.58. The number of amides is 1. The van der Waals surface area contributed by atoms with Crippen LogP contribution >= 0.6 is 0 Å². The third-order valence-corrected chi connectivity index (χ3v) is 3.89. The average Bonchev–Trinajstić information content (AvgIpc) is 2.29. The molecule has 0 spiro atoms. The van der Waals surface area contributed by atoms with Crippen LogP contribution in [-0.2, 0) is 19.4 Å². The maximum atomic E-state index is 11.2. The third-order valence-electron chi connectivity index (χ3n) is 2.19. The van der Waals surface area contributed by atoms with E-state index < -0.39 is 9.84 Å². The number of hydrogen-bond donors (Lipinski definition) is 2. The Balaban J connectivity index is 3.42. The predicted molar refractivity (Wildman–Crippen MR) is 66.7 cm³/mol. The number of sulfone groups is 1. The molecule has 0 bridgehead atoms. The van der Waals surface area contributed by atoms with E-state index >= 15 is 0 Å². The average molecular weight is 266 g/mol. The number of ether oxygens (including phenoxy) is 1. The number of hydrogen-bond acceptors (Lipinski definition) is 5. The van der Waals surface area contributed by atoms with Gasteiger partial charge in [0.1, 0.15) is 0 Å². The van der Waals surface area contributed by atoms with Gasteiger partial charge in [-0.1, -0.05) is 6.92 Å². The zero-order valence-electron chi connectivity index (χ0n) is 10.5. The van der Waals surface area contributed by atoms with E-state index in [0.29, 0.717) is 32.7 Å². The summed E-state index contributed by atoms with van der Waals surface area (Å²) in [6, 6.07) is 0. The van der Waals surface area contributed by atoms with E-state index in [1.54, 1.807) is 14.0 Å². The normalized spacial score (nSPS) is 11.4. The van der Waals surface area contributed by atoms with Crippen molar-refractivity contribution in [3.8, 4) is 0 Å². The van der Waals surface area contributed by atoms with Gasteiger partial charge in [-0.3, -0.25) is 4.79 Å². The molecule has 0 heterocycles. The minimum Gasteiger partial charge on any atom is -0.383 e. The first-order valence-corrected chi connectivity index (χ1v) is 7.50. The highest BCUT2D eigenvalue weighted by molar-refractivity contribution is 7.91. The van der Waals surface area contributed by atoms with Crippen LogP contribution in [0.15, 0.2) is 0 Å². The Morgan fingerprint density at radius 2 is 1.94 bits per heavy atom. The highest BCUT2D eigenvalue weighted by Gasteiger charge is 2.06. The van der Waals surface area contributed by atoms with Gasteiger partial charge in [-0.15, -0.1) is 0 Å². The maximum absolute atomic E-state index is 11.2. The lowest BCUT2D eigenvalue weighted by atomic mass is 10.4. The summed E-state index contributed by atoms with van der Waals surface area (Å²) in [5.74, 6) is 0.217. The highest BCUT2D eigenvalue weighted by Crippen LogP contribution is 1.87. The van der Waals surface area contributed by atoms with E-state index in [9.17, 15) is 13.2 Å². The van der Waals surface area contributed by atoms with Crippen molar-refractivity contribution >= 4 is 15.7 Å². The third kappa shape index (κ3) is 10.2. The van der Waals surface area contributed by atoms with E-state index in [2.05, 4.69) is 10.6 Å². The molecule has 0 aromatic heterocycles. The first-order valence-electron chi connectivity index (χ1n) is 5.68. The van der Waals surface area contributed by atoms with Crippen molar-refractivity contribution in [1.29, 1.82) is 0 Å². The molecule has 0 rings (SSSR count). The molecule has 0 fully saturated rings. The van der Waals surface area contributed by atoms with Gasteiger partial charge in [0.2, 0.25) is 5.91 Å². The smallest absolute Gasteiger partial charge is 0.221 e. The van der Waals surface area contributed by atoms with Gasteiger partial charge in [0.05, 0.1) is 12.4 Å². The van der Waals surface area contributed by atoms with Gasteiger partial charge in [-0.25, -0.2) is 8.42 Å². The van der Waals surface area contributed by atoms with Crippen LogP contribution in [0.3, 0.4) is 0 Å². The molecular weight excluding hydrogens is 244 g/mol. The Morgan fingerprint density at radius 3 is 2.53 bits per heavy atom. The molecule has 0 aliphatic carbocycles. The van der Waals surface area contributed by atoms with Crippen LogP contribution in [0, 0.1) is 0 Å². The van der Waals surface area contributed by atoms with E-state index in [1.165, 1.54) is 0 Å². The van der Waals surface area contributed by atoms with Crippen molar-refractivity contribution in [2.45, 2.75) is 13.3 Å². The van der Waals surface area contributed by atoms with Crippen molar-refractivity contribution in [3.63, 3.8) is 0 Å². The summed E-state index contributed by atoms with van der Waals surface area (Å²) < 4.78 is 27.1. The molecule has 102 valence electrons. The molecule has 0 aliphatic heterocycles. The molecule has 0 aliphatic rings. The van der Waals surface area contributed by atoms with Gasteiger partial charge in [0.25, 0.3) is 0 Å². The molecule has 17 heavy (non-hydrogen) atoms. The van der Waals surface area contributed by atoms with Crippen molar-refractivity contribution < 1.29 is 17.9 Å². The van der Waals surface area contributed by atoms with Crippen LogP contribution in [0.25, 0.3) is 0 Å². The number of carbonyl (C=O) groups is 1. The monoisotopic (exact) mass is 266 g/mol. The van der Waals surface area contributed by atoms with Crippen LogP contribution in [0.1, 0.15) is 13.3 Å². The fraction of sp³-hybridized carbons (Fsp3) is 0.900. The first kappa shape index (κ1) is 16.3. The Kier molecular flexibility index (Phi) is 9.01. The highest BCUT2D eigenvalue weighted by atomic mass is 32.2. The summed E-state index contributed by atoms with van der Waals surface area (Å²) in [6.07, 6.45) is 0.343. The quantitative estimate of drug-likeness (QED) is 0.504. The van der Waals surface area contributed by atoms with Crippen LogP contribution in [0.4, 0.5) is 0 Å². The van der Waals surface area contributed by atoms with Crippen molar-refractivity contribution in [1.82, 2.24) is 10.6 Å². The Labute approximate surface area is 103 Å². The molecular formula is C10H22N2O4S. The number of rotatable bonds is 10.